The minimum absolute atomic E-state index is 0.135. The van der Waals surface area contributed by atoms with E-state index < -0.39 is 0 Å². The van der Waals surface area contributed by atoms with Crippen molar-refractivity contribution >= 4 is 17.3 Å². The van der Waals surface area contributed by atoms with Gasteiger partial charge in [0.05, 0.1) is 12.8 Å². The normalized spacial score (nSPS) is 15.2. The first-order valence-corrected chi connectivity index (χ1v) is 8.15. The van der Waals surface area contributed by atoms with Gasteiger partial charge in [-0.3, -0.25) is 4.79 Å². The molecule has 5 heteroatoms. The van der Waals surface area contributed by atoms with Crippen LogP contribution in [0.5, 0.6) is 5.75 Å². The lowest BCUT2D eigenvalue weighted by atomic mass is 10.2. The van der Waals surface area contributed by atoms with Crippen molar-refractivity contribution in [1.29, 1.82) is 0 Å². The average molecular weight is 325 g/mol. The van der Waals surface area contributed by atoms with Crippen molar-refractivity contribution in [3.63, 3.8) is 0 Å². The summed E-state index contributed by atoms with van der Waals surface area (Å²) in [6.07, 6.45) is 0. The number of ether oxygens (including phenoxy) is 1. The number of hydrogen-bond acceptors (Lipinski definition) is 4. The van der Waals surface area contributed by atoms with Crippen molar-refractivity contribution in [2.24, 2.45) is 0 Å². The topological polar surface area (TPSA) is 44.8 Å². The summed E-state index contributed by atoms with van der Waals surface area (Å²) in [5.41, 5.74) is 2.43. The van der Waals surface area contributed by atoms with Crippen molar-refractivity contribution in [2.75, 3.05) is 50.6 Å². The summed E-state index contributed by atoms with van der Waals surface area (Å²) in [4.78, 5) is 17.1. The maximum absolute atomic E-state index is 12.4. The van der Waals surface area contributed by atoms with Gasteiger partial charge in [0.2, 0.25) is 0 Å². The summed E-state index contributed by atoms with van der Waals surface area (Å²) in [5.74, 6) is 0.529. The SMILES string of the molecule is COc1ccc(N2CCN(C)CC2)cc1NC(=O)c1ccccc1. The zero-order chi connectivity index (χ0) is 16.9. The van der Waals surface area contributed by atoms with Crippen LogP contribution in [0.4, 0.5) is 11.4 Å². The van der Waals surface area contributed by atoms with Crippen LogP contribution < -0.4 is 15.0 Å². The molecule has 1 aliphatic heterocycles. The first-order chi connectivity index (χ1) is 11.7. The molecule has 0 aromatic heterocycles. The van der Waals surface area contributed by atoms with Gasteiger partial charge in [0.25, 0.3) is 5.91 Å². The van der Waals surface area contributed by atoms with E-state index in [4.69, 9.17) is 4.74 Å². The Morgan fingerprint density at radius 2 is 1.75 bits per heavy atom. The highest BCUT2D eigenvalue weighted by atomic mass is 16.5. The maximum atomic E-state index is 12.4. The molecule has 1 fully saturated rings. The molecule has 1 aliphatic rings. The van der Waals surface area contributed by atoms with Crippen molar-refractivity contribution in [3.8, 4) is 5.75 Å². The Kier molecular flexibility index (Phi) is 5.01. The molecule has 1 amide bonds. The highest BCUT2D eigenvalue weighted by Crippen LogP contribution is 2.30. The van der Waals surface area contributed by atoms with Gasteiger partial charge in [-0.05, 0) is 37.4 Å². The molecule has 0 aliphatic carbocycles. The van der Waals surface area contributed by atoms with Gasteiger partial charge in [0.15, 0.2) is 0 Å². The number of likely N-dealkylation sites (N-methyl/N-ethyl adjacent to an activating group) is 1. The molecule has 1 saturated heterocycles. The summed E-state index contributed by atoms with van der Waals surface area (Å²) in [6, 6.07) is 15.1. The first-order valence-electron chi connectivity index (χ1n) is 8.15. The molecule has 24 heavy (non-hydrogen) atoms. The van der Waals surface area contributed by atoms with E-state index in [1.807, 2.05) is 36.4 Å². The number of carbonyl (C=O) groups excluding carboxylic acids is 1. The third kappa shape index (κ3) is 3.68. The molecular formula is C19H23N3O2. The standard InChI is InChI=1S/C19H23N3O2/c1-21-10-12-22(13-11-21)16-8-9-18(24-2)17(14-16)20-19(23)15-6-4-3-5-7-15/h3-9,14H,10-13H2,1-2H3,(H,20,23). The monoisotopic (exact) mass is 325 g/mol. The summed E-state index contributed by atoms with van der Waals surface area (Å²) in [7, 11) is 3.75. The first kappa shape index (κ1) is 16.3. The molecule has 0 bridgehead atoms. The highest BCUT2D eigenvalue weighted by molar-refractivity contribution is 6.05. The van der Waals surface area contributed by atoms with Gasteiger partial charge in [-0.25, -0.2) is 0 Å². The molecule has 0 unspecified atom stereocenters. The lowest BCUT2D eigenvalue weighted by Gasteiger charge is -2.34. The maximum Gasteiger partial charge on any atom is 0.255 e. The van der Waals surface area contributed by atoms with Crippen LogP contribution in [0.1, 0.15) is 10.4 Å². The second-order valence-corrected chi connectivity index (χ2v) is 6.00. The van der Waals surface area contributed by atoms with E-state index in [2.05, 4.69) is 22.2 Å². The van der Waals surface area contributed by atoms with Gasteiger partial charge in [0, 0.05) is 37.4 Å². The lowest BCUT2D eigenvalue weighted by Crippen LogP contribution is -2.44. The summed E-state index contributed by atoms with van der Waals surface area (Å²) < 4.78 is 5.40. The zero-order valence-corrected chi connectivity index (χ0v) is 14.2. The third-order valence-corrected chi connectivity index (χ3v) is 4.34. The Labute approximate surface area is 142 Å². The van der Waals surface area contributed by atoms with Crippen LogP contribution in [0.2, 0.25) is 0 Å². The number of hydrogen-bond donors (Lipinski definition) is 1. The molecule has 1 N–H and O–H groups in total. The number of carbonyl (C=O) groups is 1. The van der Waals surface area contributed by atoms with Crippen LogP contribution >= 0.6 is 0 Å². The van der Waals surface area contributed by atoms with Crippen LogP contribution in [0.15, 0.2) is 48.5 Å². The predicted molar refractivity (Wildman–Crippen MR) is 97.1 cm³/mol. The molecule has 0 saturated carbocycles. The van der Waals surface area contributed by atoms with E-state index in [0.29, 0.717) is 17.0 Å². The summed E-state index contributed by atoms with van der Waals surface area (Å²) in [5, 5.41) is 2.96. The Bertz CT molecular complexity index is 695. The molecule has 3 rings (SSSR count). The molecule has 5 nitrogen and oxygen atoms in total. The number of amides is 1. The Morgan fingerprint density at radius 3 is 2.42 bits per heavy atom. The van der Waals surface area contributed by atoms with E-state index >= 15 is 0 Å². The molecular weight excluding hydrogens is 302 g/mol. The fourth-order valence-electron chi connectivity index (χ4n) is 2.84. The second-order valence-electron chi connectivity index (χ2n) is 6.00. The molecule has 0 spiro atoms. The van der Waals surface area contributed by atoms with Crippen molar-refractivity contribution < 1.29 is 9.53 Å². The fraction of sp³-hybridized carbons (Fsp3) is 0.316. The Hall–Kier alpha value is -2.53. The number of methoxy groups -OCH3 is 1. The molecule has 126 valence electrons. The largest absolute Gasteiger partial charge is 0.495 e. The van der Waals surface area contributed by atoms with Gasteiger partial charge in [0.1, 0.15) is 5.75 Å². The van der Waals surface area contributed by atoms with Crippen molar-refractivity contribution in [2.45, 2.75) is 0 Å². The van der Waals surface area contributed by atoms with Crippen LogP contribution in [-0.4, -0.2) is 51.1 Å². The molecule has 1 heterocycles. The van der Waals surface area contributed by atoms with E-state index in [-0.39, 0.29) is 5.91 Å². The Balaban J connectivity index is 1.81. The molecule has 0 atom stereocenters. The molecule has 2 aromatic carbocycles. The van der Waals surface area contributed by atoms with E-state index in [1.54, 1.807) is 19.2 Å². The Morgan fingerprint density at radius 1 is 1.04 bits per heavy atom. The fourth-order valence-corrected chi connectivity index (χ4v) is 2.84. The highest BCUT2D eigenvalue weighted by Gasteiger charge is 2.17. The number of nitrogens with zero attached hydrogens (tertiary/aromatic N) is 2. The number of nitrogens with one attached hydrogen (secondary N) is 1. The number of rotatable bonds is 4. The van der Waals surface area contributed by atoms with Crippen LogP contribution in [0.3, 0.4) is 0 Å². The predicted octanol–water partition coefficient (Wildman–Crippen LogP) is 2.70. The zero-order valence-electron chi connectivity index (χ0n) is 14.2. The molecule has 0 radical (unpaired) electrons. The lowest BCUT2D eigenvalue weighted by molar-refractivity contribution is 0.102. The van der Waals surface area contributed by atoms with Crippen LogP contribution in [-0.2, 0) is 0 Å². The second kappa shape index (κ2) is 7.36. The van der Waals surface area contributed by atoms with Gasteiger partial charge in [-0.2, -0.15) is 0 Å². The third-order valence-electron chi connectivity index (χ3n) is 4.34. The van der Waals surface area contributed by atoms with E-state index in [9.17, 15) is 4.79 Å². The van der Waals surface area contributed by atoms with E-state index in [1.165, 1.54) is 0 Å². The van der Waals surface area contributed by atoms with Crippen LogP contribution in [0, 0.1) is 0 Å². The quantitative estimate of drug-likeness (QED) is 0.939. The van der Waals surface area contributed by atoms with E-state index in [0.717, 1.165) is 31.9 Å². The van der Waals surface area contributed by atoms with Gasteiger partial charge in [-0.15, -0.1) is 0 Å². The molecule has 2 aromatic rings. The van der Waals surface area contributed by atoms with Crippen molar-refractivity contribution in [3.05, 3.63) is 54.1 Å². The minimum Gasteiger partial charge on any atom is -0.495 e. The van der Waals surface area contributed by atoms with Gasteiger partial charge >= 0.3 is 0 Å². The summed E-state index contributed by atoms with van der Waals surface area (Å²) in [6.45, 7) is 4.04. The number of piperazine rings is 1. The summed E-state index contributed by atoms with van der Waals surface area (Å²) >= 11 is 0. The van der Waals surface area contributed by atoms with Gasteiger partial charge in [-0.1, -0.05) is 18.2 Å². The van der Waals surface area contributed by atoms with Gasteiger partial charge < -0.3 is 19.9 Å². The van der Waals surface area contributed by atoms with Crippen molar-refractivity contribution in [1.82, 2.24) is 4.90 Å². The minimum atomic E-state index is -0.135. The average Bonchev–Trinajstić information content (AvgIpc) is 2.63. The number of benzene rings is 2. The number of anilines is 2. The van der Waals surface area contributed by atoms with Crippen LogP contribution in [0.25, 0.3) is 0 Å². The smallest absolute Gasteiger partial charge is 0.255 e.